The fourth-order valence-electron chi connectivity index (χ4n) is 1.87. The van der Waals surface area contributed by atoms with Gasteiger partial charge in [-0.05, 0) is 36.6 Å². The van der Waals surface area contributed by atoms with E-state index in [1.54, 1.807) is 11.8 Å². The third kappa shape index (κ3) is 1.23. The van der Waals surface area contributed by atoms with Crippen LogP contribution in [0, 0.1) is 0 Å². The highest BCUT2D eigenvalue weighted by molar-refractivity contribution is 7.98. The van der Waals surface area contributed by atoms with Crippen LogP contribution in [0.15, 0.2) is 47.6 Å². The lowest BCUT2D eigenvalue weighted by Gasteiger charge is -2.05. The number of pyridine rings is 2. The van der Waals surface area contributed by atoms with Crippen LogP contribution in [0.1, 0.15) is 0 Å². The van der Waals surface area contributed by atoms with Gasteiger partial charge in [-0.3, -0.25) is 0 Å². The molecule has 0 saturated heterocycles. The number of fused-ring (bicyclic) bond motifs is 3. The summed E-state index contributed by atoms with van der Waals surface area (Å²) in [5.74, 6) is 0. The largest absolute Gasteiger partial charge is 0.300 e. The number of hydrogen-bond donors (Lipinski definition) is 0. The second-order valence-corrected chi connectivity index (χ2v) is 4.24. The van der Waals surface area contributed by atoms with Gasteiger partial charge in [-0.15, -0.1) is 11.8 Å². The van der Waals surface area contributed by atoms with E-state index in [0.29, 0.717) is 0 Å². The van der Waals surface area contributed by atoms with Crippen LogP contribution in [0.25, 0.3) is 16.6 Å². The van der Waals surface area contributed by atoms with E-state index in [-0.39, 0.29) is 0 Å². The first kappa shape index (κ1) is 8.80. The van der Waals surface area contributed by atoms with Crippen molar-refractivity contribution in [1.29, 1.82) is 0 Å². The Morgan fingerprint density at radius 3 is 3.07 bits per heavy atom. The molecule has 0 amide bonds. The van der Waals surface area contributed by atoms with Crippen molar-refractivity contribution in [3.8, 4) is 0 Å². The summed E-state index contributed by atoms with van der Waals surface area (Å²) in [4.78, 5) is 5.70. The molecule has 0 spiro atoms. The van der Waals surface area contributed by atoms with E-state index in [2.05, 4.69) is 46.1 Å². The Morgan fingerprint density at radius 2 is 2.20 bits per heavy atom. The Balaban J connectivity index is 2.57. The summed E-state index contributed by atoms with van der Waals surface area (Å²) in [6.07, 6.45) is 6.00. The first-order chi connectivity index (χ1) is 7.40. The summed E-state index contributed by atoms with van der Waals surface area (Å²) in [5.41, 5.74) is 2.25. The molecule has 0 fully saturated rings. The maximum Gasteiger partial charge on any atom is 0.144 e. The Labute approximate surface area is 91.9 Å². The van der Waals surface area contributed by atoms with Crippen molar-refractivity contribution in [3.05, 3.63) is 42.7 Å². The first-order valence-electron chi connectivity index (χ1n) is 4.79. The molecule has 0 unspecified atom stereocenters. The molecule has 0 aromatic carbocycles. The quantitative estimate of drug-likeness (QED) is 0.579. The molecule has 0 radical (unpaired) electrons. The summed E-state index contributed by atoms with van der Waals surface area (Å²) >= 11 is 1.77. The molecule has 15 heavy (non-hydrogen) atoms. The lowest BCUT2D eigenvalue weighted by Crippen LogP contribution is -1.90. The van der Waals surface area contributed by atoms with E-state index in [4.69, 9.17) is 0 Å². The van der Waals surface area contributed by atoms with Crippen LogP contribution in [-0.4, -0.2) is 15.6 Å². The summed E-state index contributed by atoms with van der Waals surface area (Å²) in [6, 6.07) is 10.5. The van der Waals surface area contributed by atoms with Gasteiger partial charge in [0.2, 0.25) is 0 Å². The minimum Gasteiger partial charge on any atom is -0.300 e. The Hall–Kier alpha value is -1.48. The number of hydrogen-bond acceptors (Lipinski definition) is 2. The highest BCUT2D eigenvalue weighted by Crippen LogP contribution is 2.26. The van der Waals surface area contributed by atoms with E-state index in [0.717, 1.165) is 5.65 Å². The van der Waals surface area contributed by atoms with Gasteiger partial charge in [-0.1, -0.05) is 0 Å². The van der Waals surface area contributed by atoms with Crippen molar-refractivity contribution in [2.45, 2.75) is 4.90 Å². The number of aromatic nitrogens is 2. The Kier molecular flexibility index (Phi) is 1.92. The van der Waals surface area contributed by atoms with Gasteiger partial charge in [0.05, 0.1) is 5.52 Å². The molecule has 3 aromatic rings. The van der Waals surface area contributed by atoms with Crippen molar-refractivity contribution >= 4 is 28.3 Å². The Bertz CT molecular complexity index is 628. The SMILES string of the molecule is CSc1cc2cccnc2n2cccc12. The third-order valence-electron chi connectivity index (χ3n) is 2.55. The molecule has 0 aliphatic rings. The van der Waals surface area contributed by atoms with Crippen LogP contribution in [0.2, 0.25) is 0 Å². The van der Waals surface area contributed by atoms with Gasteiger partial charge in [0.1, 0.15) is 5.65 Å². The monoisotopic (exact) mass is 214 g/mol. The van der Waals surface area contributed by atoms with Gasteiger partial charge >= 0.3 is 0 Å². The molecule has 0 saturated carbocycles. The van der Waals surface area contributed by atoms with Crippen molar-refractivity contribution < 1.29 is 0 Å². The van der Waals surface area contributed by atoms with Gasteiger partial charge in [0.25, 0.3) is 0 Å². The molecule has 0 aliphatic heterocycles. The molecule has 0 N–H and O–H groups in total. The van der Waals surface area contributed by atoms with E-state index in [1.807, 2.05) is 12.3 Å². The molecule has 3 heterocycles. The summed E-state index contributed by atoms with van der Waals surface area (Å²) in [7, 11) is 0. The van der Waals surface area contributed by atoms with Gasteiger partial charge in [0, 0.05) is 22.7 Å². The van der Waals surface area contributed by atoms with Gasteiger partial charge in [0.15, 0.2) is 0 Å². The summed E-state index contributed by atoms with van der Waals surface area (Å²) in [6.45, 7) is 0. The second-order valence-electron chi connectivity index (χ2n) is 3.39. The average Bonchev–Trinajstić information content (AvgIpc) is 2.77. The lowest BCUT2D eigenvalue weighted by molar-refractivity contribution is 1.17. The first-order valence-corrected chi connectivity index (χ1v) is 6.01. The standard InChI is InChI=1S/C12H10N2S/c1-15-11-8-9-4-2-6-13-12(9)14-7-3-5-10(11)14/h2-8H,1H3. The maximum absolute atomic E-state index is 4.41. The molecule has 0 aliphatic carbocycles. The fourth-order valence-corrected chi connectivity index (χ4v) is 2.49. The van der Waals surface area contributed by atoms with Crippen molar-refractivity contribution in [3.63, 3.8) is 0 Å². The predicted octanol–water partition coefficient (Wildman–Crippen LogP) is 3.21. The normalized spacial score (nSPS) is 11.3. The van der Waals surface area contributed by atoms with Crippen molar-refractivity contribution in [2.75, 3.05) is 6.26 Å². The number of nitrogens with zero attached hydrogens (tertiary/aromatic N) is 2. The van der Waals surface area contributed by atoms with Crippen LogP contribution in [0.3, 0.4) is 0 Å². The van der Waals surface area contributed by atoms with Gasteiger partial charge < -0.3 is 4.40 Å². The molecule has 3 rings (SSSR count). The lowest BCUT2D eigenvalue weighted by atomic mass is 10.3. The minimum absolute atomic E-state index is 1.02. The van der Waals surface area contributed by atoms with Crippen molar-refractivity contribution in [1.82, 2.24) is 9.38 Å². The number of rotatable bonds is 1. The average molecular weight is 214 g/mol. The molecule has 74 valence electrons. The van der Waals surface area contributed by atoms with Crippen LogP contribution < -0.4 is 0 Å². The topological polar surface area (TPSA) is 17.3 Å². The van der Waals surface area contributed by atoms with E-state index < -0.39 is 0 Å². The van der Waals surface area contributed by atoms with Crippen molar-refractivity contribution in [2.24, 2.45) is 0 Å². The third-order valence-corrected chi connectivity index (χ3v) is 3.32. The van der Waals surface area contributed by atoms with E-state index in [9.17, 15) is 0 Å². The predicted molar refractivity (Wildman–Crippen MR) is 64.5 cm³/mol. The van der Waals surface area contributed by atoms with Crippen LogP contribution in [0.4, 0.5) is 0 Å². The van der Waals surface area contributed by atoms with Gasteiger partial charge in [-0.25, -0.2) is 4.98 Å². The minimum atomic E-state index is 1.02. The van der Waals surface area contributed by atoms with Crippen LogP contribution in [0.5, 0.6) is 0 Å². The summed E-state index contributed by atoms with van der Waals surface area (Å²) in [5, 5.41) is 1.19. The maximum atomic E-state index is 4.41. The molecular formula is C12H10N2S. The van der Waals surface area contributed by atoms with Crippen LogP contribution in [-0.2, 0) is 0 Å². The Morgan fingerprint density at radius 1 is 1.27 bits per heavy atom. The fraction of sp³-hybridized carbons (Fsp3) is 0.0833. The molecule has 2 nitrogen and oxygen atoms in total. The highest BCUT2D eigenvalue weighted by atomic mass is 32.2. The summed E-state index contributed by atoms with van der Waals surface area (Å²) < 4.78 is 2.14. The smallest absolute Gasteiger partial charge is 0.144 e. The molecule has 3 heteroatoms. The van der Waals surface area contributed by atoms with E-state index >= 15 is 0 Å². The zero-order valence-electron chi connectivity index (χ0n) is 8.34. The zero-order chi connectivity index (χ0) is 10.3. The highest BCUT2D eigenvalue weighted by Gasteiger charge is 2.05. The van der Waals surface area contributed by atoms with Gasteiger partial charge in [-0.2, -0.15) is 0 Å². The van der Waals surface area contributed by atoms with Crippen LogP contribution >= 0.6 is 11.8 Å². The number of thioether (sulfide) groups is 1. The molecule has 0 bridgehead atoms. The zero-order valence-corrected chi connectivity index (χ0v) is 9.16. The second kappa shape index (κ2) is 3.28. The molecule has 0 atom stereocenters. The molecular weight excluding hydrogens is 204 g/mol. The van der Waals surface area contributed by atoms with E-state index in [1.165, 1.54) is 15.8 Å². The molecule has 3 aromatic heterocycles.